The highest BCUT2D eigenvalue weighted by molar-refractivity contribution is 7.84. The van der Waals surface area contributed by atoms with E-state index >= 15 is 0 Å². The van der Waals surface area contributed by atoms with E-state index in [2.05, 4.69) is 54.6 Å². The Morgan fingerprint density at radius 3 is 2.48 bits per heavy atom. The van der Waals surface area contributed by atoms with Crippen LogP contribution < -0.4 is 14.4 Å². The van der Waals surface area contributed by atoms with Gasteiger partial charge in [-0.15, -0.1) is 0 Å². The molecule has 48 heavy (non-hydrogen) atoms. The first-order valence-electron chi connectivity index (χ1n) is 18.0. The van der Waals surface area contributed by atoms with Gasteiger partial charge in [-0.25, -0.2) is 4.21 Å². The minimum absolute atomic E-state index is 0.135. The topological polar surface area (TPSA) is 80.3 Å². The molecule has 8 nitrogen and oxygen atoms in total. The molecule has 2 bridgehead atoms. The molecule has 3 aliphatic heterocycles. The third-order valence-corrected chi connectivity index (χ3v) is 13.3. The minimum Gasteiger partial charge on any atom is -0.491 e. The van der Waals surface area contributed by atoms with Crippen LogP contribution in [0.4, 0.5) is 5.69 Å². The van der Waals surface area contributed by atoms with Crippen molar-refractivity contribution in [2.24, 2.45) is 23.7 Å². The van der Waals surface area contributed by atoms with Gasteiger partial charge in [-0.1, -0.05) is 44.4 Å². The molecule has 1 amide bonds. The summed E-state index contributed by atoms with van der Waals surface area (Å²) in [7, 11) is 2.66. The monoisotopic (exact) mass is 699 g/mol. The number of aryl methyl sites for hydroxylation is 1. The maximum Gasteiger partial charge on any atom is 0.263 e. The lowest BCUT2D eigenvalue weighted by Gasteiger charge is -2.48. The summed E-state index contributed by atoms with van der Waals surface area (Å²) in [5, 5.41) is 0.590. The molecule has 4 aliphatic rings. The number of hydrogen-bond donors (Lipinski definition) is 1. The van der Waals surface area contributed by atoms with Crippen molar-refractivity contribution in [3.63, 3.8) is 0 Å². The van der Waals surface area contributed by atoms with Gasteiger partial charge in [-0.3, -0.25) is 9.52 Å². The number of nitrogens with zero attached hydrogens (tertiary/aromatic N) is 2. The fraction of sp³-hybridized carbons (Fsp3) is 0.658. The van der Waals surface area contributed by atoms with Crippen LogP contribution in [0.3, 0.4) is 0 Å². The van der Waals surface area contributed by atoms with E-state index in [1.54, 1.807) is 6.07 Å². The molecule has 6 rings (SSSR count). The average Bonchev–Trinajstić information content (AvgIpc) is 3.24. The van der Waals surface area contributed by atoms with E-state index in [4.69, 9.17) is 25.8 Å². The molecule has 3 heterocycles. The largest absolute Gasteiger partial charge is 0.491 e. The molecule has 2 aromatic rings. The molecule has 7 atom stereocenters. The lowest BCUT2D eigenvalue weighted by atomic mass is 9.65. The quantitative estimate of drug-likeness (QED) is 0.367. The van der Waals surface area contributed by atoms with Crippen molar-refractivity contribution in [1.82, 2.24) is 9.62 Å². The number of nitrogens with one attached hydrogen (secondary N) is 1. The first-order chi connectivity index (χ1) is 23.1. The van der Waals surface area contributed by atoms with Gasteiger partial charge in [-0.2, -0.15) is 0 Å². The van der Waals surface area contributed by atoms with Crippen molar-refractivity contribution < 1.29 is 23.2 Å². The standard InChI is InChI=1S/C38H54ClN3O5S/c1-6-8-26-17-30(39)13-15-32(26)29-20-42-19-28-11-14-33(28)34(38-46-22-31(23-47-38)41(4)5)10-7-9-24(2)25(3)48(44)40-37(43)27-12-16-36(45-21-29)35(42)18-27/h12-13,15-18,24-25,28-29,31,33-34,38H,6-11,14,19-23H2,1-5H3,(H,40,43). The lowest BCUT2D eigenvalue weighted by Crippen LogP contribution is -2.51. The Labute approximate surface area is 294 Å². The Balaban J connectivity index is 1.34. The maximum absolute atomic E-state index is 13.5. The molecular formula is C38H54ClN3O5S. The fourth-order valence-electron chi connectivity index (χ4n) is 8.09. The zero-order chi connectivity index (χ0) is 33.9. The van der Waals surface area contributed by atoms with Crippen LogP contribution in [-0.2, 0) is 26.9 Å². The van der Waals surface area contributed by atoms with Gasteiger partial charge >= 0.3 is 0 Å². The number of fused-ring (bicyclic) bond motifs is 2. The SMILES string of the molecule is CCCc1cc(Cl)ccc1C1COc2ccc3cc2N(C1)CC1CCC1C(C1OCC(N(C)C)CO1)CCCC(C)C(C)S(=O)NC3=O. The van der Waals surface area contributed by atoms with Crippen LogP contribution in [0.15, 0.2) is 36.4 Å². The van der Waals surface area contributed by atoms with Crippen LogP contribution >= 0.6 is 11.6 Å². The number of likely N-dealkylation sites (N-methyl/N-ethyl adjacent to an activating group) is 1. The molecular weight excluding hydrogens is 646 g/mol. The number of amides is 1. The summed E-state index contributed by atoms with van der Waals surface area (Å²) in [4.78, 5) is 18.1. The number of ether oxygens (including phenoxy) is 3. The Bertz CT molecular complexity index is 1450. The fourth-order valence-corrected chi connectivity index (χ4v) is 9.33. The molecule has 10 heteroatoms. The molecule has 1 saturated carbocycles. The van der Waals surface area contributed by atoms with Crippen molar-refractivity contribution in [3.05, 3.63) is 58.1 Å². The summed E-state index contributed by atoms with van der Waals surface area (Å²) in [5.74, 6) is 2.04. The number of benzene rings is 2. The predicted octanol–water partition coefficient (Wildman–Crippen LogP) is 6.82. The molecule has 2 fully saturated rings. The Kier molecular flexibility index (Phi) is 11.7. The van der Waals surface area contributed by atoms with E-state index in [1.807, 2.05) is 25.1 Å². The van der Waals surface area contributed by atoms with Crippen LogP contribution in [0.1, 0.15) is 86.7 Å². The summed E-state index contributed by atoms with van der Waals surface area (Å²) < 4.78 is 35.7. The molecule has 1 aliphatic carbocycles. The summed E-state index contributed by atoms with van der Waals surface area (Å²) in [6, 6.07) is 12.2. The molecule has 0 radical (unpaired) electrons. The second kappa shape index (κ2) is 15.8. The van der Waals surface area contributed by atoms with Gasteiger partial charge in [0.05, 0.1) is 36.8 Å². The van der Waals surface area contributed by atoms with Crippen LogP contribution in [0, 0.1) is 23.7 Å². The zero-order valence-corrected chi connectivity index (χ0v) is 30.9. The van der Waals surface area contributed by atoms with Gasteiger partial charge in [0, 0.05) is 35.5 Å². The summed E-state index contributed by atoms with van der Waals surface area (Å²) in [5.41, 5.74) is 3.98. The summed E-state index contributed by atoms with van der Waals surface area (Å²) in [6.45, 7) is 9.86. The first kappa shape index (κ1) is 35.6. The number of carbonyl (C=O) groups is 1. The van der Waals surface area contributed by atoms with Crippen LogP contribution in [0.25, 0.3) is 0 Å². The molecule has 264 valence electrons. The van der Waals surface area contributed by atoms with Gasteiger partial charge in [0.2, 0.25) is 0 Å². The second-order valence-electron chi connectivity index (χ2n) is 14.8. The Morgan fingerprint density at radius 2 is 1.77 bits per heavy atom. The van der Waals surface area contributed by atoms with Gasteiger partial charge in [0.15, 0.2) is 6.29 Å². The molecule has 1 N–H and O–H groups in total. The number of carbonyl (C=O) groups excluding carboxylic acids is 1. The number of anilines is 1. The number of halogens is 1. The molecule has 2 aromatic carbocycles. The molecule has 0 aromatic heterocycles. The highest BCUT2D eigenvalue weighted by Gasteiger charge is 2.44. The van der Waals surface area contributed by atoms with Crippen molar-refractivity contribution in [3.8, 4) is 5.75 Å². The number of rotatable bonds is 5. The van der Waals surface area contributed by atoms with Crippen LogP contribution in [0.2, 0.25) is 5.02 Å². The van der Waals surface area contributed by atoms with E-state index in [9.17, 15) is 9.00 Å². The molecule has 7 unspecified atom stereocenters. The van der Waals surface area contributed by atoms with Crippen molar-refractivity contribution in [2.75, 3.05) is 51.9 Å². The van der Waals surface area contributed by atoms with E-state index in [-0.39, 0.29) is 35.3 Å². The van der Waals surface area contributed by atoms with Gasteiger partial charge < -0.3 is 24.0 Å². The van der Waals surface area contributed by atoms with Crippen molar-refractivity contribution in [1.29, 1.82) is 0 Å². The van der Waals surface area contributed by atoms with E-state index in [0.29, 0.717) is 43.1 Å². The molecule has 0 spiro atoms. The second-order valence-corrected chi connectivity index (χ2v) is 16.8. The smallest absolute Gasteiger partial charge is 0.263 e. The van der Waals surface area contributed by atoms with E-state index < -0.39 is 11.0 Å². The first-order valence-corrected chi connectivity index (χ1v) is 19.6. The average molecular weight is 700 g/mol. The minimum atomic E-state index is -1.50. The predicted molar refractivity (Wildman–Crippen MR) is 193 cm³/mol. The zero-order valence-electron chi connectivity index (χ0n) is 29.3. The third-order valence-electron chi connectivity index (χ3n) is 11.5. The maximum atomic E-state index is 13.5. The third kappa shape index (κ3) is 7.91. The van der Waals surface area contributed by atoms with E-state index in [0.717, 1.165) is 74.5 Å². The normalized spacial score (nSPS) is 33.2. The van der Waals surface area contributed by atoms with Gasteiger partial charge in [-0.05, 0) is 112 Å². The van der Waals surface area contributed by atoms with Crippen LogP contribution in [0.5, 0.6) is 5.75 Å². The Morgan fingerprint density at radius 1 is 0.979 bits per heavy atom. The highest BCUT2D eigenvalue weighted by atomic mass is 35.5. The molecule has 1 saturated heterocycles. The summed E-state index contributed by atoms with van der Waals surface area (Å²) in [6.07, 6.45) is 7.05. The van der Waals surface area contributed by atoms with Gasteiger partial charge in [0.1, 0.15) is 16.7 Å². The van der Waals surface area contributed by atoms with Gasteiger partial charge in [0.25, 0.3) is 5.91 Å². The Hall–Kier alpha value is -2.17. The lowest BCUT2D eigenvalue weighted by molar-refractivity contribution is -0.240. The number of hydrogen-bond acceptors (Lipinski definition) is 7. The van der Waals surface area contributed by atoms with Crippen molar-refractivity contribution >= 4 is 34.2 Å². The van der Waals surface area contributed by atoms with Crippen LogP contribution in [-0.4, -0.2) is 79.6 Å². The summed E-state index contributed by atoms with van der Waals surface area (Å²) >= 11 is 6.47. The van der Waals surface area contributed by atoms with E-state index in [1.165, 1.54) is 11.1 Å². The highest BCUT2D eigenvalue weighted by Crippen LogP contribution is 2.47. The van der Waals surface area contributed by atoms with Crippen molar-refractivity contribution in [2.45, 2.75) is 89.2 Å².